The molecular weight excluding hydrogens is 452 g/mol. The van der Waals surface area contributed by atoms with Crippen LogP contribution in [0.5, 0.6) is 11.5 Å². The molecule has 4 rings (SSSR count). The Morgan fingerprint density at radius 1 is 1.09 bits per heavy atom. The van der Waals surface area contributed by atoms with Crippen molar-refractivity contribution in [3.05, 3.63) is 83.4 Å². The third-order valence-corrected chi connectivity index (χ3v) is 7.12. The van der Waals surface area contributed by atoms with Crippen molar-refractivity contribution in [2.45, 2.75) is 17.5 Å². The first-order valence-corrected chi connectivity index (χ1v) is 11.7. The zero-order valence-electron chi connectivity index (χ0n) is 17.2. The van der Waals surface area contributed by atoms with Crippen LogP contribution in [0, 0.1) is 0 Å². The maximum absolute atomic E-state index is 13.4. The summed E-state index contributed by atoms with van der Waals surface area (Å²) < 4.78 is 39.1. The minimum atomic E-state index is -3.94. The van der Waals surface area contributed by atoms with Crippen LogP contribution in [0.4, 0.5) is 5.69 Å². The highest BCUT2D eigenvalue weighted by molar-refractivity contribution is 7.92. The maximum atomic E-state index is 13.4. The summed E-state index contributed by atoms with van der Waals surface area (Å²) in [7, 11) is -2.38. The van der Waals surface area contributed by atoms with Crippen molar-refractivity contribution >= 4 is 33.2 Å². The van der Waals surface area contributed by atoms with E-state index in [0.717, 1.165) is 5.56 Å². The van der Waals surface area contributed by atoms with Gasteiger partial charge in [0.05, 0.1) is 24.2 Å². The van der Waals surface area contributed by atoms with E-state index in [1.807, 2.05) is 18.2 Å². The zero-order chi connectivity index (χ0) is 22.7. The number of hydrogen-bond acceptors (Lipinski definition) is 5. The average molecular weight is 473 g/mol. The van der Waals surface area contributed by atoms with Crippen LogP contribution in [0.2, 0.25) is 5.02 Å². The zero-order valence-corrected chi connectivity index (χ0v) is 18.8. The number of rotatable bonds is 6. The van der Waals surface area contributed by atoms with Gasteiger partial charge in [0, 0.05) is 17.1 Å². The number of anilines is 1. The summed E-state index contributed by atoms with van der Waals surface area (Å²) in [6, 6.07) is 19.9. The number of fused-ring (bicyclic) bond motifs is 1. The monoisotopic (exact) mass is 472 g/mol. The number of para-hydroxylation sites is 3. The molecule has 166 valence electrons. The summed E-state index contributed by atoms with van der Waals surface area (Å²) in [6.45, 7) is 0.0496. The van der Waals surface area contributed by atoms with Crippen molar-refractivity contribution in [1.82, 2.24) is 5.32 Å². The van der Waals surface area contributed by atoms with Gasteiger partial charge < -0.3 is 14.8 Å². The van der Waals surface area contributed by atoms with E-state index >= 15 is 0 Å². The van der Waals surface area contributed by atoms with Crippen molar-refractivity contribution in [2.75, 3.05) is 18.0 Å². The lowest BCUT2D eigenvalue weighted by molar-refractivity contribution is -0.127. The Morgan fingerprint density at radius 3 is 2.53 bits per heavy atom. The molecule has 0 saturated heterocycles. The standard InChI is InChI=1S/C23H21ClN2O5S/c1-30-20-8-4-2-6-16(20)14-25-23(27)22-15-26(19-7-3-5-9-21(19)31-22)32(28,29)18-12-10-17(24)11-13-18/h2-13,22H,14-15H2,1H3,(H,25,27). The van der Waals surface area contributed by atoms with Crippen molar-refractivity contribution < 1.29 is 22.7 Å². The topological polar surface area (TPSA) is 84.9 Å². The molecule has 1 atom stereocenters. The minimum Gasteiger partial charge on any atom is -0.496 e. The molecule has 0 bridgehead atoms. The van der Waals surface area contributed by atoms with Gasteiger partial charge in [0.2, 0.25) is 0 Å². The lowest BCUT2D eigenvalue weighted by Gasteiger charge is -2.34. The highest BCUT2D eigenvalue weighted by Gasteiger charge is 2.37. The van der Waals surface area contributed by atoms with Crippen molar-refractivity contribution in [3.63, 3.8) is 0 Å². The number of amides is 1. The number of sulfonamides is 1. The number of carbonyl (C=O) groups is 1. The van der Waals surface area contributed by atoms with Gasteiger partial charge in [-0.1, -0.05) is 41.9 Å². The van der Waals surface area contributed by atoms with Gasteiger partial charge in [-0.2, -0.15) is 0 Å². The normalized spacial score (nSPS) is 15.4. The molecule has 1 N–H and O–H groups in total. The van der Waals surface area contributed by atoms with Crippen molar-refractivity contribution in [3.8, 4) is 11.5 Å². The van der Waals surface area contributed by atoms with E-state index in [1.54, 1.807) is 37.4 Å². The summed E-state index contributed by atoms with van der Waals surface area (Å²) in [5, 5.41) is 3.24. The molecule has 1 aliphatic heterocycles. The first-order valence-electron chi connectivity index (χ1n) is 9.84. The molecular formula is C23H21ClN2O5S. The summed E-state index contributed by atoms with van der Waals surface area (Å²) in [5.74, 6) is 0.532. The van der Waals surface area contributed by atoms with E-state index in [0.29, 0.717) is 22.2 Å². The molecule has 0 fully saturated rings. The highest BCUT2D eigenvalue weighted by atomic mass is 35.5. The van der Waals surface area contributed by atoms with Crippen molar-refractivity contribution in [1.29, 1.82) is 0 Å². The Kier molecular flexibility index (Phi) is 6.25. The number of ether oxygens (including phenoxy) is 2. The number of hydrogen-bond donors (Lipinski definition) is 1. The van der Waals surface area contributed by atoms with Crippen LogP contribution in [0.15, 0.2) is 77.7 Å². The van der Waals surface area contributed by atoms with Crippen LogP contribution in [0.3, 0.4) is 0 Å². The van der Waals surface area contributed by atoms with Crippen molar-refractivity contribution in [2.24, 2.45) is 0 Å². The fraction of sp³-hybridized carbons (Fsp3) is 0.174. The fourth-order valence-corrected chi connectivity index (χ4v) is 5.05. The molecule has 1 amide bonds. The second kappa shape index (κ2) is 9.10. The van der Waals surface area contributed by atoms with E-state index in [-0.39, 0.29) is 18.0 Å². The first kappa shape index (κ1) is 22.0. The van der Waals surface area contributed by atoms with Gasteiger partial charge in [0.25, 0.3) is 15.9 Å². The van der Waals surface area contributed by atoms with E-state index in [2.05, 4.69) is 5.32 Å². The molecule has 1 unspecified atom stereocenters. The highest BCUT2D eigenvalue weighted by Crippen LogP contribution is 2.37. The molecule has 9 heteroatoms. The fourth-order valence-electron chi connectivity index (χ4n) is 3.45. The molecule has 0 aromatic heterocycles. The van der Waals surface area contributed by atoms with Gasteiger partial charge in [0.1, 0.15) is 11.5 Å². The molecule has 1 aliphatic rings. The van der Waals surface area contributed by atoms with E-state index < -0.39 is 22.0 Å². The molecule has 1 heterocycles. The summed E-state index contributed by atoms with van der Waals surface area (Å²) in [6.07, 6.45) is -1.03. The predicted octanol–water partition coefficient (Wildman–Crippen LogP) is 3.62. The Balaban J connectivity index is 1.59. The molecule has 3 aromatic carbocycles. The predicted molar refractivity (Wildman–Crippen MR) is 122 cm³/mol. The molecule has 7 nitrogen and oxygen atoms in total. The van der Waals surface area contributed by atoms with Gasteiger partial charge in [-0.15, -0.1) is 0 Å². The Hall–Kier alpha value is -3.23. The van der Waals surface area contributed by atoms with Crippen LogP contribution >= 0.6 is 11.6 Å². The lowest BCUT2D eigenvalue weighted by atomic mass is 10.2. The number of nitrogens with zero attached hydrogens (tertiary/aromatic N) is 1. The number of nitrogens with one attached hydrogen (secondary N) is 1. The Labute approximate surface area is 191 Å². The van der Waals surface area contributed by atoms with Crippen LogP contribution in [0.1, 0.15) is 5.56 Å². The van der Waals surface area contributed by atoms with Gasteiger partial charge >= 0.3 is 0 Å². The van der Waals surface area contributed by atoms with Crippen LogP contribution in [-0.4, -0.2) is 34.1 Å². The summed E-state index contributed by atoms with van der Waals surface area (Å²) in [4.78, 5) is 13.0. The van der Waals surface area contributed by atoms with E-state index in [1.165, 1.54) is 28.6 Å². The summed E-state index contributed by atoms with van der Waals surface area (Å²) in [5.41, 5.74) is 1.17. The third kappa shape index (κ3) is 4.37. The third-order valence-electron chi connectivity index (χ3n) is 5.07. The Morgan fingerprint density at radius 2 is 1.78 bits per heavy atom. The maximum Gasteiger partial charge on any atom is 0.264 e. The largest absolute Gasteiger partial charge is 0.496 e. The molecule has 32 heavy (non-hydrogen) atoms. The molecule has 0 radical (unpaired) electrons. The molecule has 0 saturated carbocycles. The van der Waals surface area contributed by atoms with Gasteiger partial charge in [-0.3, -0.25) is 9.10 Å². The summed E-state index contributed by atoms with van der Waals surface area (Å²) >= 11 is 5.91. The quantitative estimate of drug-likeness (QED) is 0.592. The molecule has 0 aliphatic carbocycles. The van der Waals surface area contributed by atoms with Crippen LogP contribution in [-0.2, 0) is 21.4 Å². The van der Waals surface area contributed by atoms with Crippen LogP contribution in [0.25, 0.3) is 0 Å². The lowest BCUT2D eigenvalue weighted by Crippen LogP contribution is -2.50. The number of methoxy groups -OCH3 is 1. The SMILES string of the molecule is COc1ccccc1CNC(=O)C1CN(S(=O)(=O)c2ccc(Cl)cc2)c2ccccc2O1. The van der Waals surface area contributed by atoms with Gasteiger partial charge in [0.15, 0.2) is 6.10 Å². The first-order chi connectivity index (χ1) is 15.4. The number of carbonyl (C=O) groups excluding carboxylic acids is 1. The second-order valence-electron chi connectivity index (χ2n) is 7.09. The van der Waals surface area contributed by atoms with E-state index in [9.17, 15) is 13.2 Å². The molecule has 3 aromatic rings. The average Bonchev–Trinajstić information content (AvgIpc) is 2.82. The second-order valence-corrected chi connectivity index (χ2v) is 9.39. The van der Waals surface area contributed by atoms with E-state index in [4.69, 9.17) is 21.1 Å². The van der Waals surface area contributed by atoms with Gasteiger partial charge in [-0.05, 0) is 42.5 Å². The van der Waals surface area contributed by atoms with Crippen LogP contribution < -0.4 is 19.1 Å². The number of halogens is 1. The number of benzene rings is 3. The van der Waals surface area contributed by atoms with Gasteiger partial charge in [-0.25, -0.2) is 8.42 Å². The molecule has 0 spiro atoms. The minimum absolute atomic E-state index is 0.0757. The smallest absolute Gasteiger partial charge is 0.264 e. The Bertz CT molecular complexity index is 1230.